The standard InChI is InChI=1S/C15H20N2O2/c16-13(10-5-6-10)8-17-15(18)12-7-11-3-1-2-4-14(11)19-9-12/h1-4,10,12-13H,5-9,16H2,(H,17,18). The van der Waals surface area contributed by atoms with E-state index in [1.807, 2.05) is 24.3 Å². The first-order chi connectivity index (χ1) is 9.24. The van der Waals surface area contributed by atoms with E-state index in [0.717, 1.165) is 17.7 Å². The molecule has 0 radical (unpaired) electrons. The molecule has 0 bridgehead atoms. The van der Waals surface area contributed by atoms with Crippen LogP contribution in [0.3, 0.4) is 0 Å². The van der Waals surface area contributed by atoms with Gasteiger partial charge in [0.15, 0.2) is 0 Å². The minimum Gasteiger partial charge on any atom is -0.492 e. The Bertz CT molecular complexity index is 471. The summed E-state index contributed by atoms with van der Waals surface area (Å²) < 4.78 is 5.63. The molecule has 19 heavy (non-hydrogen) atoms. The average molecular weight is 260 g/mol. The van der Waals surface area contributed by atoms with E-state index in [4.69, 9.17) is 10.5 Å². The Morgan fingerprint density at radius 1 is 1.42 bits per heavy atom. The molecule has 1 amide bonds. The lowest BCUT2D eigenvalue weighted by atomic mass is 9.96. The summed E-state index contributed by atoms with van der Waals surface area (Å²) in [4.78, 5) is 12.1. The van der Waals surface area contributed by atoms with E-state index in [9.17, 15) is 4.79 Å². The molecule has 2 aliphatic rings. The minimum atomic E-state index is -0.0960. The van der Waals surface area contributed by atoms with Gasteiger partial charge in [0.05, 0.1) is 5.92 Å². The molecule has 0 aromatic heterocycles. The fourth-order valence-corrected chi connectivity index (χ4v) is 2.55. The molecule has 2 atom stereocenters. The van der Waals surface area contributed by atoms with Gasteiger partial charge >= 0.3 is 0 Å². The zero-order valence-electron chi connectivity index (χ0n) is 11.0. The number of benzene rings is 1. The number of fused-ring (bicyclic) bond motifs is 1. The number of nitrogens with two attached hydrogens (primary N) is 1. The number of para-hydroxylation sites is 1. The van der Waals surface area contributed by atoms with Crippen LogP contribution in [0.5, 0.6) is 5.75 Å². The number of ether oxygens (including phenoxy) is 1. The highest BCUT2D eigenvalue weighted by atomic mass is 16.5. The molecule has 4 heteroatoms. The second-order valence-corrected chi connectivity index (χ2v) is 5.57. The maximum atomic E-state index is 12.1. The largest absolute Gasteiger partial charge is 0.492 e. The normalized spacial score (nSPS) is 23.1. The smallest absolute Gasteiger partial charge is 0.226 e. The maximum Gasteiger partial charge on any atom is 0.226 e. The topological polar surface area (TPSA) is 64.3 Å². The quantitative estimate of drug-likeness (QED) is 0.852. The van der Waals surface area contributed by atoms with Crippen LogP contribution in [-0.2, 0) is 11.2 Å². The lowest BCUT2D eigenvalue weighted by Gasteiger charge is -2.25. The number of hydrogen-bond donors (Lipinski definition) is 2. The number of hydrogen-bond acceptors (Lipinski definition) is 3. The first-order valence-corrected chi connectivity index (χ1v) is 6.98. The molecule has 1 aromatic carbocycles. The molecule has 102 valence electrons. The summed E-state index contributed by atoms with van der Waals surface area (Å²) in [7, 11) is 0. The van der Waals surface area contributed by atoms with E-state index in [-0.39, 0.29) is 17.9 Å². The van der Waals surface area contributed by atoms with Gasteiger partial charge in [-0.3, -0.25) is 4.79 Å². The van der Waals surface area contributed by atoms with Crippen molar-refractivity contribution in [2.75, 3.05) is 13.2 Å². The lowest BCUT2D eigenvalue weighted by molar-refractivity contribution is -0.126. The Morgan fingerprint density at radius 2 is 2.21 bits per heavy atom. The van der Waals surface area contributed by atoms with Crippen LogP contribution >= 0.6 is 0 Å². The zero-order chi connectivity index (χ0) is 13.2. The fraction of sp³-hybridized carbons (Fsp3) is 0.533. The fourth-order valence-electron chi connectivity index (χ4n) is 2.55. The molecule has 0 spiro atoms. The van der Waals surface area contributed by atoms with Crippen LogP contribution in [0.4, 0.5) is 0 Å². The van der Waals surface area contributed by atoms with Gasteiger partial charge in [0.2, 0.25) is 5.91 Å². The van der Waals surface area contributed by atoms with Crippen LogP contribution < -0.4 is 15.8 Å². The molecule has 1 aliphatic heterocycles. The molecule has 1 aliphatic carbocycles. The van der Waals surface area contributed by atoms with Crippen LogP contribution in [0, 0.1) is 11.8 Å². The molecule has 1 fully saturated rings. The lowest BCUT2D eigenvalue weighted by Crippen LogP contribution is -2.43. The maximum absolute atomic E-state index is 12.1. The molecule has 4 nitrogen and oxygen atoms in total. The van der Waals surface area contributed by atoms with Crippen molar-refractivity contribution in [1.29, 1.82) is 0 Å². The van der Waals surface area contributed by atoms with Crippen LogP contribution in [-0.4, -0.2) is 25.1 Å². The van der Waals surface area contributed by atoms with Crippen molar-refractivity contribution in [3.63, 3.8) is 0 Å². The van der Waals surface area contributed by atoms with Crippen LogP contribution in [0.15, 0.2) is 24.3 Å². The number of carbonyl (C=O) groups excluding carboxylic acids is 1. The van der Waals surface area contributed by atoms with E-state index in [2.05, 4.69) is 5.32 Å². The Labute approximate surface area is 113 Å². The Balaban J connectivity index is 1.53. The third-order valence-electron chi connectivity index (χ3n) is 3.99. The SMILES string of the molecule is NC(CNC(=O)C1COc2ccccc2C1)C1CC1. The summed E-state index contributed by atoms with van der Waals surface area (Å²) in [5.74, 6) is 1.48. The molecule has 1 heterocycles. The van der Waals surface area contributed by atoms with Gasteiger partial charge in [0, 0.05) is 12.6 Å². The van der Waals surface area contributed by atoms with E-state index in [1.165, 1.54) is 12.8 Å². The molecular formula is C15H20N2O2. The number of rotatable bonds is 4. The summed E-state index contributed by atoms with van der Waals surface area (Å²) in [6, 6.07) is 8.01. The monoisotopic (exact) mass is 260 g/mol. The van der Waals surface area contributed by atoms with Gasteiger partial charge in [0.25, 0.3) is 0 Å². The average Bonchev–Trinajstić information content (AvgIpc) is 3.28. The highest BCUT2D eigenvalue weighted by molar-refractivity contribution is 5.79. The van der Waals surface area contributed by atoms with Gasteiger partial charge in [-0.05, 0) is 36.8 Å². The first kappa shape index (κ1) is 12.5. The number of nitrogens with one attached hydrogen (secondary N) is 1. The second-order valence-electron chi connectivity index (χ2n) is 5.57. The van der Waals surface area contributed by atoms with E-state index < -0.39 is 0 Å². The van der Waals surface area contributed by atoms with Gasteiger partial charge in [-0.15, -0.1) is 0 Å². The highest BCUT2D eigenvalue weighted by Crippen LogP contribution is 2.31. The molecule has 3 N–H and O–H groups in total. The van der Waals surface area contributed by atoms with Gasteiger partial charge in [-0.25, -0.2) is 0 Å². The molecule has 2 unspecified atom stereocenters. The predicted molar refractivity (Wildman–Crippen MR) is 72.8 cm³/mol. The molecular weight excluding hydrogens is 240 g/mol. The van der Waals surface area contributed by atoms with Crippen molar-refractivity contribution in [3.8, 4) is 5.75 Å². The second kappa shape index (κ2) is 5.21. The summed E-state index contributed by atoms with van der Waals surface area (Å²) in [5, 5.41) is 2.96. The molecule has 3 rings (SSSR count). The van der Waals surface area contributed by atoms with E-state index in [0.29, 0.717) is 19.1 Å². The van der Waals surface area contributed by atoms with Crippen molar-refractivity contribution in [2.45, 2.75) is 25.3 Å². The molecule has 0 saturated heterocycles. The number of carbonyl (C=O) groups is 1. The predicted octanol–water partition coefficient (Wildman–Crippen LogP) is 1.09. The molecule has 1 aromatic rings. The van der Waals surface area contributed by atoms with E-state index in [1.54, 1.807) is 0 Å². The third kappa shape index (κ3) is 2.89. The van der Waals surface area contributed by atoms with Gasteiger partial charge in [0.1, 0.15) is 12.4 Å². The Morgan fingerprint density at radius 3 is 3.00 bits per heavy atom. The van der Waals surface area contributed by atoms with Crippen LogP contribution in [0.2, 0.25) is 0 Å². The minimum absolute atomic E-state index is 0.0607. The Hall–Kier alpha value is -1.55. The third-order valence-corrected chi connectivity index (χ3v) is 3.99. The van der Waals surface area contributed by atoms with Crippen molar-refractivity contribution in [3.05, 3.63) is 29.8 Å². The Kier molecular flexibility index (Phi) is 3.42. The highest BCUT2D eigenvalue weighted by Gasteiger charge is 2.30. The first-order valence-electron chi connectivity index (χ1n) is 6.98. The summed E-state index contributed by atoms with van der Waals surface area (Å²) in [6.45, 7) is 1.04. The zero-order valence-corrected chi connectivity index (χ0v) is 11.0. The summed E-state index contributed by atoms with van der Waals surface area (Å²) >= 11 is 0. The van der Waals surface area contributed by atoms with E-state index >= 15 is 0 Å². The van der Waals surface area contributed by atoms with Crippen molar-refractivity contribution in [2.24, 2.45) is 17.6 Å². The van der Waals surface area contributed by atoms with Crippen LogP contribution in [0.1, 0.15) is 18.4 Å². The number of amides is 1. The summed E-state index contributed by atoms with van der Waals surface area (Å²) in [6.07, 6.45) is 3.16. The van der Waals surface area contributed by atoms with Crippen molar-refractivity contribution < 1.29 is 9.53 Å². The van der Waals surface area contributed by atoms with Gasteiger partial charge < -0.3 is 15.8 Å². The van der Waals surface area contributed by atoms with Gasteiger partial charge in [-0.1, -0.05) is 18.2 Å². The van der Waals surface area contributed by atoms with Crippen LogP contribution in [0.25, 0.3) is 0 Å². The van der Waals surface area contributed by atoms with Gasteiger partial charge in [-0.2, -0.15) is 0 Å². The summed E-state index contributed by atoms with van der Waals surface area (Å²) in [5.41, 5.74) is 7.10. The van der Waals surface area contributed by atoms with Crippen molar-refractivity contribution in [1.82, 2.24) is 5.32 Å². The molecule has 1 saturated carbocycles. The van der Waals surface area contributed by atoms with Crippen molar-refractivity contribution >= 4 is 5.91 Å².